The second kappa shape index (κ2) is 6.70. The highest BCUT2D eigenvalue weighted by Gasteiger charge is 2.33. The number of halogens is 3. The molecule has 0 spiro atoms. The Balaban J connectivity index is 1.75. The van der Waals surface area contributed by atoms with E-state index >= 15 is 0 Å². The summed E-state index contributed by atoms with van der Waals surface area (Å²) < 4.78 is 38.5. The monoisotopic (exact) mass is 351 g/mol. The third-order valence-electron chi connectivity index (χ3n) is 4.30. The van der Waals surface area contributed by atoms with Crippen molar-refractivity contribution in [3.63, 3.8) is 0 Å². The van der Waals surface area contributed by atoms with E-state index in [9.17, 15) is 22.8 Å². The maximum Gasteiger partial charge on any atom is 0.416 e. The molecular formula is C17H16F3N3O2. The number of nitrogens with zero attached hydrogens (tertiary/aromatic N) is 2. The van der Waals surface area contributed by atoms with Crippen molar-refractivity contribution in [3.05, 3.63) is 53.3 Å². The van der Waals surface area contributed by atoms with Crippen LogP contribution in [0.1, 0.15) is 39.1 Å². The topological polar surface area (TPSA) is 66.1 Å². The van der Waals surface area contributed by atoms with Crippen LogP contribution >= 0.6 is 0 Å². The predicted molar refractivity (Wildman–Crippen MR) is 83.0 cm³/mol. The summed E-state index contributed by atoms with van der Waals surface area (Å²) in [5.74, 6) is -1.11. The Labute approximate surface area is 141 Å². The molecule has 0 aliphatic carbocycles. The van der Waals surface area contributed by atoms with Gasteiger partial charge < -0.3 is 4.90 Å². The van der Waals surface area contributed by atoms with Gasteiger partial charge in [0.25, 0.3) is 5.91 Å². The minimum absolute atomic E-state index is 0.0254. The summed E-state index contributed by atoms with van der Waals surface area (Å²) in [4.78, 5) is 26.5. The van der Waals surface area contributed by atoms with E-state index in [1.807, 2.05) is 0 Å². The molecule has 1 aliphatic heterocycles. The molecule has 2 heterocycles. The van der Waals surface area contributed by atoms with Crippen molar-refractivity contribution in [2.75, 3.05) is 13.1 Å². The van der Waals surface area contributed by atoms with Crippen LogP contribution in [0, 0.1) is 5.92 Å². The normalized spacial score (nSPS) is 18.2. The highest BCUT2D eigenvalue weighted by Crippen LogP contribution is 2.30. The number of likely N-dealkylation sites (tertiary alicyclic amines) is 1. The van der Waals surface area contributed by atoms with Gasteiger partial charge in [0.05, 0.1) is 17.3 Å². The third-order valence-corrected chi connectivity index (χ3v) is 4.30. The van der Waals surface area contributed by atoms with E-state index in [1.165, 1.54) is 24.5 Å². The lowest BCUT2D eigenvalue weighted by Gasteiger charge is -2.31. The van der Waals surface area contributed by atoms with E-state index in [0.717, 1.165) is 12.1 Å². The number of piperidine rings is 1. The minimum Gasteiger partial charge on any atom is -0.338 e. The van der Waals surface area contributed by atoms with Gasteiger partial charge in [-0.2, -0.15) is 18.3 Å². The summed E-state index contributed by atoms with van der Waals surface area (Å²) in [6.45, 7) is 0.704. The molecule has 5 nitrogen and oxygen atoms in total. The average molecular weight is 351 g/mol. The number of ketones is 1. The molecule has 25 heavy (non-hydrogen) atoms. The highest BCUT2D eigenvalue weighted by molar-refractivity contribution is 5.99. The molecule has 2 aromatic rings. The zero-order valence-electron chi connectivity index (χ0n) is 13.2. The number of aromatic nitrogens is 2. The molecule has 1 aromatic carbocycles. The zero-order chi connectivity index (χ0) is 18.0. The molecule has 1 N–H and O–H groups in total. The number of amides is 1. The first kappa shape index (κ1) is 17.2. The SMILES string of the molecule is O=C(c1cccc(C(F)(F)F)c1)[C@@H]1CCCN(C(=O)c2cn[nH]c2)C1. The van der Waals surface area contributed by atoms with Gasteiger partial charge >= 0.3 is 6.18 Å². The van der Waals surface area contributed by atoms with Crippen LogP contribution < -0.4 is 0 Å². The standard InChI is InChI=1S/C17H16F3N3O2/c18-17(19,20)14-5-1-3-11(7-14)15(24)12-4-2-6-23(10-12)16(25)13-8-21-22-9-13/h1,3,5,7-9,12H,2,4,6,10H2,(H,21,22)/t12-/m1/s1. The van der Waals surface area contributed by atoms with Gasteiger partial charge in [-0.15, -0.1) is 0 Å². The van der Waals surface area contributed by atoms with Crippen molar-refractivity contribution in [2.24, 2.45) is 5.92 Å². The minimum atomic E-state index is -4.49. The quantitative estimate of drug-likeness (QED) is 0.864. The second-order valence-electron chi connectivity index (χ2n) is 6.02. The molecular weight excluding hydrogens is 335 g/mol. The zero-order valence-corrected chi connectivity index (χ0v) is 13.2. The van der Waals surface area contributed by atoms with Gasteiger partial charge in [0.2, 0.25) is 0 Å². The molecule has 0 unspecified atom stereocenters. The smallest absolute Gasteiger partial charge is 0.338 e. The van der Waals surface area contributed by atoms with Crippen molar-refractivity contribution in [2.45, 2.75) is 19.0 Å². The molecule has 8 heteroatoms. The Morgan fingerprint density at radius 2 is 2.04 bits per heavy atom. The number of aromatic amines is 1. The first-order valence-corrected chi connectivity index (χ1v) is 7.86. The lowest BCUT2D eigenvalue weighted by molar-refractivity contribution is -0.137. The molecule has 1 aromatic heterocycles. The Morgan fingerprint density at radius 1 is 1.24 bits per heavy atom. The molecule has 0 bridgehead atoms. The fraction of sp³-hybridized carbons (Fsp3) is 0.353. The van der Waals surface area contributed by atoms with Crippen LogP contribution in [-0.2, 0) is 6.18 Å². The summed E-state index contributed by atoms with van der Waals surface area (Å²) in [5, 5.41) is 6.29. The molecule has 1 amide bonds. The number of hydrogen-bond donors (Lipinski definition) is 1. The number of hydrogen-bond acceptors (Lipinski definition) is 3. The van der Waals surface area contributed by atoms with E-state index in [4.69, 9.17) is 0 Å². The molecule has 1 saturated heterocycles. The number of benzene rings is 1. The van der Waals surface area contributed by atoms with Crippen LogP contribution in [0.5, 0.6) is 0 Å². The number of nitrogens with one attached hydrogen (secondary N) is 1. The number of rotatable bonds is 3. The van der Waals surface area contributed by atoms with Crippen LogP contribution in [-0.4, -0.2) is 39.9 Å². The summed E-state index contributed by atoms with van der Waals surface area (Å²) >= 11 is 0. The lowest BCUT2D eigenvalue weighted by Crippen LogP contribution is -2.42. The van der Waals surface area contributed by atoms with Crippen LogP contribution in [0.4, 0.5) is 13.2 Å². The molecule has 1 fully saturated rings. The molecule has 0 radical (unpaired) electrons. The predicted octanol–water partition coefficient (Wildman–Crippen LogP) is 3.16. The van der Waals surface area contributed by atoms with Gasteiger partial charge in [-0.3, -0.25) is 14.7 Å². The number of H-pyrrole nitrogens is 1. The maximum absolute atomic E-state index is 12.8. The number of alkyl halides is 3. The van der Waals surface area contributed by atoms with E-state index in [2.05, 4.69) is 10.2 Å². The van der Waals surface area contributed by atoms with Gasteiger partial charge in [0.15, 0.2) is 5.78 Å². The fourth-order valence-corrected chi connectivity index (χ4v) is 3.01. The molecule has 0 saturated carbocycles. The summed E-state index contributed by atoms with van der Waals surface area (Å²) in [5.41, 5.74) is -0.426. The molecule has 132 valence electrons. The number of carbonyl (C=O) groups is 2. The van der Waals surface area contributed by atoms with Crippen LogP contribution in [0.2, 0.25) is 0 Å². The number of Topliss-reactive ketones (excluding diaryl/α,β-unsaturated/α-hetero) is 1. The average Bonchev–Trinajstić information content (AvgIpc) is 3.14. The lowest BCUT2D eigenvalue weighted by atomic mass is 9.89. The van der Waals surface area contributed by atoms with Gasteiger partial charge in [-0.1, -0.05) is 12.1 Å². The molecule has 1 atom stereocenters. The highest BCUT2D eigenvalue weighted by atomic mass is 19.4. The Hall–Kier alpha value is -2.64. The van der Waals surface area contributed by atoms with Crippen LogP contribution in [0.25, 0.3) is 0 Å². The Morgan fingerprint density at radius 3 is 2.72 bits per heavy atom. The van der Waals surface area contributed by atoms with Crippen molar-refractivity contribution < 1.29 is 22.8 Å². The van der Waals surface area contributed by atoms with Crippen LogP contribution in [0.3, 0.4) is 0 Å². The first-order valence-electron chi connectivity index (χ1n) is 7.86. The van der Waals surface area contributed by atoms with Gasteiger partial charge in [0, 0.05) is 30.8 Å². The first-order chi connectivity index (χ1) is 11.9. The van der Waals surface area contributed by atoms with Crippen molar-refractivity contribution in [3.8, 4) is 0 Å². The summed E-state index contributed by atoms with van der Waals surface area (Å²) in [6, 6.07) is 4.42. The fourth-order valence-electron chi connectivity index (χ4n) is 3.01. The van der Waals surface area contributed by atoms with Crippen LogP contribution in [0.15, 0.2) is 36.7 Å². The summed E-state index contributed by atoms with van der Waals surface area (Å²) in [6.07, 6.45) is -0.448. The Kier molecular flexibility index (Phi) is 4.61. The van der Waals surface area contributed by atoms with E-state index in [1.54, 1.807) is 4.90 Å². The summed E-state index contributed by atoms with van der Waals surface area (Å²) in [7, 11) is 0. The van der Waals surface area contributed by atoms with Crippen molar-refractivity contribution >= 4 is 11.7 Å². The number of carbonyl (C=O) groups excluding carboxylic acids is 2. The molecule has 3 rings (SSSR count). The van der Waals surface area contributed by atoms with Crippen molar-refractivity contribution in [1.29, 1.82) is 0 Å². The van der Waals surface area contributed by atoms with E-state index in [0.29, 0.717) is 24.9 Å². The van der Waals surface area contributed by atoms with E-state index in [-0.39, 0.29) is 23.8 Å². The Bertz CT molecular complexity index is 772. The van der Waals surface area contributed by atoms with Gasteiger partial charge in [-0.25, -0.2) is 0 Å². The molecule has 1 aliphatic rings. The van der Waals surface area contributed by atoms with Crippen molar-refractivity contribution in [1.82, 2.24) is 15.1 Å². The largest absolute Gasteiger partial charge is 0.416 e. The maximum atomic E-state index is 12.8. The van der Waals surface area contributed by atoms with E-state index < -0.39 is 17.7 Å². The van der Waals surface area contributed by atoms with Gasteiger partial charge in [0.1, 0.15) is 0 Å². The van der Waals surface area contributed by atoms with Gasteiger partial charge in [-0.05, 0) is 25.0 Å². The third kappa shape index (κ3) is 3.72. The second-order valence-corrected chi connectivity index (χ2v) is 6.02.